The summed E-state index contributed by atoms with van der Waals surface area (Å²) in [6.45, 7) is 39.8. The number of fused-ring (bicyclic) bond motifs is 6. The van der Waals surface area contributed by atoms with Gasteiger partial charge in [0.2, 0.25) is 0 Å². The topological polar surface area (TPSA) is 36.9 Å². The van der Waals surface area contributed by atoms with E-state index in [9.17, 15) is 5.48 Å². The van der Waals surface area contributed by atoms with E-state index < -0.39 is 71.3 Å². The Morgan fingerprint density at radius 1 is 0.481 bits per heavy atom. The van der Waals surface area contributed by atoms with Gasteiger partial charge in [-0.25, -0.2) is 0 Å². The van der Waals surface area contributed by atoms with Gasteiger partial charge in [-0.05, 0) is 38.9 Å². The maximum atomic E-state index is 9.53. The summed E-state index contributed by atoms with van der Waals surface area (Å²) in [6, 6.07) is 26.4. The van der Waals surface area contributed by atoms with Crippen LogP contribution in [0.3, 0.4) is 0 Å². The molecule has 1 aliphatic rings. The standard InChI is InChI=1S/C73H80N4O.Pt/c1-67(2,3)48-29-33-59-62(41-48)75(45-76(59)66-56(46-25-21-19-22-26-46)39-51(70(10,11)12)40-57(66)47-27-23-20-24-28-47)52-37-50(69(7,8)9)38-54(43-52)78-53-30-31-55-61(44-53)77(63-42-49(35-36-74-63)68(4,5)6)60-34-32-58-65(64(55)60)72(15,16)73(17,18)71(58,13)14;/h19-44H,1-18H3;/i19D,20D,21D,22D,23D,24D,25D,26D,27D,28D;. The van der Waals surface area contributed by atoms with Crippen molar-refractivity contribution in [2.75, 3.05) is 0 Å². The van der Waals surface area contributed by atoms with Crippen molar-refractivity contribution in [1.82, 2.24) is 18.7 Å². The Morgan fingerprint density at radius 3 is 1.62 bits per heavy atom. The first-order valence-electron chi connectivity index (χ1n) is 32.5. The normalized spacial score (nSPS) is 17.1. The Hall–Kier alpha value is -6.55. The molecule has 408 valence electrons. The van der Waals surface area contributed by atoms with Gasteiger partial charge in [-0.15, -0.1) is 0 Å². The molecule has 79 heavy (non-hydrogen) atoms. The summed E-state index contributed by atoms with van der Waals surface area (Å²) < 4.78 is 106. The molecule has 0 aliphatic heterocycles. The van der Waals surface area contributed by atoms with Crippen molar-refractivity contribution in [2.45, 2.75) is 157 Å². The molecule has 0 fully saturated rings. The zero-order valence-electron chi connectivity index (χ0n) is 59.3. The molecule has 7 aromatic carbocycles. The Labute approximate surface area is 495 Å². The number of hydrogen-bond acceptors (Lipinski definition) is 2. The van der Waals surface area contributed by atoms with Crippen molar-refractivity contribution in [3.05, 3.63) is 195 Å². The second kappa shape index (κ2) is 18.5. The SMILES string of the molecule is [2H]c1c([2H])c([2H])c(-c2cc(C(C)(C)C)cc(-c3c([2H])c([2H])c([2H])c([2H])c3[2H])c2-n2[c](=[Pt])n(-c3cc(Oc4ccc5c6c7c(ccc6n(-c6cc(C(C)(C)C)ccn6)c5c4)C(C)(C)C(C)(C)C7(C)C)cc(C(C)(C)C)c3)c3cc(C(C)(C)C)ccc32)c([2H])c1[2H]. The quantitative estimate of drug-likeness (QED) is 0.159. The molecule has 0 saturated carbocycles. The van der Waals surface area contributed by atoms with E-state index in [0.717, 1.165) is 44.6 Å². The molecule has 10 aromatic rings. The minimum absolute atomic E-state index is 0.0824. The van der Waals surface area contributed by atoms with Crippen molar-refractivity contribution < 1.29 is 37.8 Å². The van der Waals surface area contributed by atoms with Gasteiger partial charge >= 0.3 is 384 Å². The van der Waals surface area contributed by atoms with Crippen LogP contribution >= 0.6 is 0 Å². The first kappa shape index (κ1) is 43.3. The van der Waals surface area contributed by atoms with E-state index in [4.69, 9.17) is 17.9 Å². The van der Waals surface area contributed by atoms with Crippen LogP contribution in [0.15, 0.2) is 158 Å². The van der Waals surface area contributed by atoms with Crippen molar-refractivity contribution in [3.8, 4) is 50.9 Å². The molecule has 3 heterocycles. The van der Waals surface area contributed by atoms with Gasteiger partial charge in [0.15, 0.2) is 0 Å². The second-order valence-electron chi connectivity index (χ2n) is 27.5. The molecule has 1 aliphatic carbocycles. The van der Waals surface area contributed by atoms with E-state index >= 15 is 0 Å². The molecule has 3 aromatic heterocycles. The number of imidazole rings is 1. The second-order valence-corrected chi connectivity index (χ2v) is 28.5. The zero-order chi connectivity index (χ0) is 65.4. The molecular formula is C73H80N4OPt. The van der Waals surface area contributed by atoms with Gasteiger partial charge in [0.05, 0.1) is 0 Å². The molecule has 0 atom stereocenters. The Morgan fingerprint density at radius 2 is 1.04 bits per heavy atom. The number of hydrogen-bond donors (Lipinski definition) is 0. The number of pyridine rings is 1. The average Bonchev–Trinajstić information content (AvgIpc) is 1.62. The van der Waals surface area contributed by atoms with Crippen molar-refractivity contribution in [1.29, 1.82) is 0 Å². The summed E-state index contributed by atoms with van der Waals surface area (Å²) in [6.07, 6.45) is 1.91. The summed E-state index contributed by atoms with van der Waals surface area (Å²) in [4.78, 5) is 5.09. The third kappa shape index (κ3) is 8.93. The van der Waals surface area contributed by atoms with Crippen LogP contribution in [0.1, 0.15) is 172 Å². The molecule has 0 unspecified atom stereocenters. The fraction of sp³-hybridized carbons (Fsp3) is 0.342. The minimum atomic E-state index is -0.652. The van der Waals surface area contributed by atoms with Crippen LogP contribution in [-0.2, 0) is 51.8 Å². The summed E-state index contributed by atoms with van der Waals surface area (Å²) in [5, 5.41) is 2.31. The van der Waals surface area contributed by atoms with E-state index in [1.165, 1.54) is 22.1 Å². The number of aromatic nitrogens is 4. The van der Waals surface area contributed by atoms with Crippen LogP contribution < -0.4 is 4.74 Å². The van der Waals surface area contributed by atoms with Crippen LogP contribution in [0, 0.1) is 9.22 Å². The molecular weight excluding hydrogens is 1140 g/mol. The van der Waals surface area contributed by atoms with E-state index in [-0.39, 0.29) is 55.0 Å². The molecule has 0 amide bonds. The Kier molecular flexibility index (Phi) is 10.1. The van der Waals surface area contributed by atoms with Crippen LogP contribution in [-0.4, -0.2) is 18.7 Å². The van der Waals surface area contributed by atoms with Crippen LogP contribution in [0.5, 0.6) is 11.5 Å². The monoisotopic (exact) mass is 1230 g/mol. The fourth-order valence-corrected chi connectivity index (χ4v) is 13.0. The molecule has 0 N–H and O–H groups in total. The van der Waals surface area contributed by atoms with Crippen LogP contribution in [0.25, 0.3) is 72.3 Å². The number of ether oxygens (including phenoxy) is 1. The first-order valence-corrected chi connectivity index (χ1v) is 28.7. The zero-order valence-corrected chi connectivity index (χ0v) is 51.5. The predicted molar refractivity (Wildman–Crippen MR) is 330 cm³/mol. The van der Waals surface area contributed by atoms with Gasteiger partial charge in [0.25, 0.3) is 0 Å². The Bertz CT molecular complexity index is 4600. The van der Waals surface area contributed by atoms with E-state index in [1.807, 2.05) is 55.8 Å². The number of benzene rings is 7. The molecule has 0 radical (unpaired) electrons. The third-order valence-corrected chi connectivity index (χ3v) is 18.8. The van der Waals surface area contributed by atoms with Gasteiger partial charge in [0, 0.05) is 6.20 Å². The van der Waals surface area contributed by atoms with Crippen molar-refractivity contribution in [3.63, 3.8) is 0 Å². The number of rotatable bonds is 7. The maximum absolute atomic E-state index is 9.53. The predicted octanol–water partition coefficient (Wildman–Crippen LogP) is 19.9. The van der Waals surface area contributed by atoms with Crippen molar-refractivity contribution >= 4 is 32.8 Å². The van der Waals surface area contributed by atoms with Gasteiger partial charge in [0.1, 0.15) is 0 Å². The average molecular weight is 1230 g/mol. The van der Waals surface area contributed by atoms with Gasteiger partial charge in [-0.2, -0.15) is 0 Å². The van der Waals surface area contributed by atoms with E-state index in [1.54, 1.807) is 0 Å². The first-order chi connectivity index (χ1) is 41.0. The molecule has 0 spiro atoms. The summed E-state index contributed by atoms with van der Waals surface area (Å²) in [5.74, 6) is 2.00. The molecule has 0 bridgehead atoms. The fourth-order valence-electron chi connectivity index (χ4n) is 11.9. The van der Waals surface area contributed by atoms with Gasteiger partial charge in [-0.3, -0.25) is 0 Å². The molecule has 5 nitrogen and oxygen atoms in total. The summed E-state index contributed by atoms with van der Waals surface area (Å²) in [5.41, 5.74) is 9.24. The van der Waals surface area contributed by atoms with Gasteiger partial charge in [-0.1, -0.05) is 68.4 Å². The molecule has 0 saturated heterocycles. The summed E-state index contributed by atoms with van der Waals surface area (Å²) >= 11 is 2.28. The summed E-state index contributed by atoms with van der Waals surface area (Å²) in [7, 11) is 0. The van der Waals surface area contributed by atoms with Crippen molar-refractivity contribution in [2.24, 2.45) is 5.41 Å². The van der Waals surface area contributed by atoms with Gasteiger partial charge < -0.3 is 0 Å². The van der Waals surface area contributed by atoms with Crippen LogP contribution in [0.4, 0.5) is 0 Å². The van der Waals surface area contributed by atoms with Crippen LogP contribution in [0.2, 0.25) is 0 Å². The van der Waals surface area contributed by atoms with E-state index in [0.29, 0.717) is 26.4 Å². The molecule has 6 heteroatoms. The molecule has 11 rings (SSSR count). The van der Waals surface area contributed by atoms with E-state index in [2.05, 4.69) is 199 Å². The number of nitrogens with zero attached hydrogens (tertiary/aromatic N) is 4. The Balaban J connectivity index is 1.23. The third-order valence-electron chi connectivity index (χ3n) is 17.8.